The summed E-state index contributed by atoms with van der Waals surface area (Å²) in [4.78, 5) is 0. The Hall–Kier alpha value is 0.887. The van der Waals surface area contributed by atoms with Crippen LogP contribution in [-0.2, 0) is 24.4 Å². The maximum Gasteiger partial charge on any atom is -1.00 e. The minimum Gasteiger partial charge on any atom is -1.00 e. The first-order valence-electron chi connectivity index (χ1n) is 5.15. The zero-order valence-electron chi connectivity index (χ0n) is 10.2. The third kappa shape index (κ3) is 7.26. The van der Waals surface area contributed by atoms with Gasteiger partial charge in [0.1, 0.15) is 0 Å². The van der Waals surface area contributed by atoms with Gasteiger partial charge in [-0.2, -0.15) is 0 Å². The molecule has 16 heavy (non-hydrogen) atoms. The van der Waals surface area contributed by atoms with Gasteiger partial charge in [-0.05, 0) is 0 Å². The van der Waals surface area contributed by atoms with Crippen LogP contribution in [0, 0.1) is 0 Å². The quantitative estimate of drug-likeness (QED) is 0.352. The molecule has 0 unspecified atom stereocenters. The summed E-state index contributed by atoms with van der Waals surface area (Å²) in [5, 5.41) is 0. The van der Waals surface area contributed by atoms with Crippen LogP contribution < -0.4 is 24.8 Å². The molecule has 0 aliphatic heterocycles. The molecule has 0 fully saturated rings. The Labute approximate surface area is 128 Å². The van der Waals surface area contributed by atoms with Crippen molar-refractivity contribution < 1.29 is 49.2 Å². The second kappa shape index (κ2) is 8.07. The Kier molecular flexibility index (Phi) is 9.70. The number of hydrogen-bond acceptors (Lipinski definition) is 0. The van der Waals surface area contributed by atoms with Crippen LogP contribution in [0.2, 0.25) is 25.7 Å². The minimum atomic E-state index is -0.949. The van der Waals surface area contributed by atoms with Gasteiger partial charge < -0.3 is 24.8 Å². The summed E-state index contributed by atoms with van der Waals surface area (Å²) in [5.41, 5.74) is 3.01. The second-order valence-electron chi connectivity index (χ2n) is 5.27. The number of hydrogen-bond donors (Lipinski definition) is 0. The van der Waals surface area contributed by atoms with Gasteiger partial charge in [0, 0.05) is 0 Å². The van der Waals surface area contributed by atoms with E-state index in [0.29, 0.717) is 0 Å². The van der Waals surface area contributed by atoms with Crippen molar-refractivity contribution in [3.63, 3.8) is 0 Å². The molecular weight excluding hydrogens is 422 g/mol. The second-order valence-corrected chi connectivity index (χ2v) is 12.9. The van der Waals surface area contributed by atoms with Gasteiger partial charge in [-0.15, -0.1) is 0 Å². The average Bonchev–Trinajstić information content (AvgIpc) is 2.32. The minimum absolute atomic E-state index is 0. The van der Waals surface area contributed by atoms with Gasteiger partial charge in [-0.1, -0.05) is 0 Å². The van der Waals surface area contributed by atoms with Crippen molar-refractivity contribution in [2.24, 2.45) is 0 Å². The summed E-state index contributed by atoms with van der Waals surface area (Å²) in [7, 11) is -0.949. The molecule has 0 aromatic rings. The fourth-order valence-corrected chi connectivity index (χ4v) is 4.46. The summed E-state index contributed by atoms with van der Waals surface area (Å²) in [6.07, 6.45) is 6.94. The van der Waals surface area contributed by atoms with Gasteiger partial charge in [0.15, 0.2) is 0 Å². The Balaban J connectivity index is 0. The van der Waals surface area contributed by atoms with Gasteiger partial charge >= 0.3 is 104 Å². The third-order valence-electron chi connectivity index (χ3n) is 2.25. The molecule has 1 aliphatic rings. The molecule has 0 bridgehead atoms. The fourth-order valence-electron chi connectivity index (χ4n) is 1.80. The van der Waals surface area contributed by atoms with Crippen LogP contribution in [0.3, 0.4) is 0 Å². The van der Waals surface area contributed by atoms with E-state index >= 15 is 0 Å². The summed E-state index contributed by atoms with van der Waals surface area (Å²) in [5.74, 6) is 0. The molecule has 0 atom stereocenters. The van der Waals surface area contributed by atoms with Crippen molar-refractivity contribution >= 4 is 8.07 Å². The maximum absolute atomic E-state index is 4.22. The van der Waals surface area contributed by atoms with Gasteiger partial charge in [-0.25, -0.2) is 0 Å². The van der Waals surface area contributed by atoms with Gasteiger partial charge in [0.2, 0.25) is 0 Å². The predicted octanol–water partition coefficient (Wildman–Crippen LogP) is -1.96. The molecule has 0 saturated heterocycles. The molecule has 0 spiro atoms. The van der Waals surface area contributed by atoms with Crippen LogP contribution >= 0.6 is 0 Å². The molecule has 0 saturated carbocycles. The Morgan fingerprint density at radius 1 is 1.38 bits per heavy atom. The standard InChI is InChI=1S/C12H19Si.2ClH.Hf/c1-11(10-13(2,3)4)9-12-7-5-6-8-12;;;/h5,7H,1,6,9-10H2,2-4H3;2*1H;/q;;;+2/p-2. The zero-order chi connectivity index (χ0) is 10.8. The van der Waals surface area contributed by atoms with Gasteiger partial charge in [0.05, 0.1) is 0 Å². The van der Waals surface area contributed by atoms with E-state index in [0.717, 1.165) is 6.42 Å². The molecule has 1 aliphatic carbocycles. The molecule has 0 heterocycles. The van der Waals surface area contributed by atoms with E-state index in [2.05, 4.69) is 38.4 Å². The largest absolute Gasteiger partial charge is 1.00 e. The normalized spacial score (nSPS) is 14.6. The number of allylic oxidation sites excluding steroid dienone is 5. The van der Waals surface area contributed by atoms with Crippen LogP contribution in [0.4, 0.5) is 0 Å². The molecule has 0 aromatic carbocycles. The third-order valence-corrected chi connectivity index (χ3v) is 5.70. The van der Waals surface area contributed by atoms with Crippen molar-refractivity contribution in [1.29, 1.82) is 0 Å². The predicted molar refractivity (Wildman–Crippen MR) is 62.7 cm³/mol. The first-order valence-corrected chi connectivity index (χ1v) is 10.7. The zero-order valence-corrected chi connectivity index (χ0v) is 16.3. The topological polar surface area (TPSA) is 0 Å². The summed E-state index contributed by atoms with van der Waals surface area (Å²) < 4.78 is 1.67. The Morgan fingerprint density at radius 3 is 2.31 bits per heavy atom. The monoisotopic (exact) mass is 441 g/mol. The number of rotatable bonds is 4. The van der Waals surface area contributed by atoms with E-state index in [1.807, 2.05) is 0 Å². The first kappa shape index (κ1) is 19.2. The molecule has 89 valence electrons. The molecule has 4 heteroatoms. The smallest absolute Gasteiger partial charge is 1.00 e. The molecule has 1 rings (SSSR count). The average molecular weight is 441 g/mol. The van der Waals surface area contributed by atoms with Crippen molar-refractivity contribution in [1.82, 2.24) is 0 Å². The fraction of sp³-hybridized carbons (Fsp3) is 0.500. The van der Waals surface area contributed by atoms with E-state index < -0.39 is 8.07 Å². The van der Waals surface area contributed by atoms with Gasteiger partial charge in [0.25, 0.3) is 0 Å². The van der Waals surface area contributed by atoms with E-state index in [-0.39, 0.29) is 24.8 Å². The summed E-state index contributed by atoms with van der Waals surface area (Å²) in [6, 6.07) is 1.28. The van der Waals surface area contributed by atoms with E-state index in [9.17, 15) is 0 Å². The Morgan fingerprint density at radius 2 is 1.94 bits per heavy atom. The maximum atomic E-state index is 4.22. The molecule has 0 radical (unpaired) electrons. The Bertz CT molecular complexity index is 301. The molecule has 0 N–H and O–H groups in total. The summed E-state index contributed by atoms with van der Waals surface area (Å²) >= 11 is 1.22. The molecule has 0 amide bonds. The number of halogens is 2. The van der Waals surface area contributed by atoms with E-state index in [1.165, 1.54) is 42.4 Å². The summed E-state index contributed by atoms with van der Waals surface area (Å²) in [6.45, 7) is 11.5. The van der Waals surface area contributed by atoms with Crippen LogP contribution in [0.1, 0.15) is 12.8 Å². The van der Waals surface area contributed by atoms with Crippen molar-refractivity contribution in [3.8, 4) is 0 Å². The first-order chi connectivity index (χ1) is 6.38. The molecular formula is C12H19Cl2HfSi. The van der Waals surface area contributed by atoms with Crippen LogP contribution in [0.25, 0.3) is 0 Å². The van der Waals surface area contributed by atoms with Crippen LogP contribution in [0.5, 0.6) is 0 Å². The van der Waals surface area contributed by atoms with Crippen molar-refractivity contribution in [2.45, 2.75) is 38.5 Å². The van der Waals surface area contributed by atoms with E-state index in [4.69, 9.17) is 0 Å². The van der Waals surface area contributed by atoms with Crippen molar-refractivity contribution in [3.05, 3.63) is 33.2 Å². The van der Waals surface area contributed by atoms with E-state index in [1.54, 1.807) is 8.90 Å². The SMILES string of the molecule is C=C(CC1=[C]([Hf+2])CC=C1)C[Si](C)(C)C.[Cl-].[Cl-]. The van der Waals surface area contributed by atoms with Crippen LogP contribution in [0.15, 0.2) is 33.2 Å². The molecule has 0 aromatic heterocycles. The van der Waals surface area contributed by atoms with Crippen molar-refractivity contribution in [2.75, 3.05) is 0 Å². The van der Waals surface area contributed by atoms with Crippen LogP contribution in [-0.4, -0.2) is 8.07 Å². The molecule has 0 nitrogen and oxygen atoms in total. The van der Waals surface area contributed by atoms with Gasteiger partial charge in [-0.3, -0.25) is 0 Å².